The van der Waals surface area contributed by atoms with Crippen molar-refractivity contribution in [3.63, 3.8) is 0 Å². The molecule has 0 spiro atoms. The number of hydrogen-bond donors (Lipinski definition) is 0. The average molecular weight is 937 g/mol. The summed E-state index contributed by atoms with van der Waals surface area (Å²) in [5.74, 6) is 2.08. The van der Waals surface area contributed by atoms with E-state index in [0.717, 1.165) is 55.7 Å². The van der Waals surface area contributed by atoms with Gasteiger partial charge in [-0.1, -0.05) is 150 Å². The van der Waals surface area contributed by atoms with E-state index in [4.69, 9.17) is 9.72 Å². The Hall–Kier alpha value is -5.90. The Labute approximate surface area is 356 Å². The van der Waals surface area contributed by atoms with Crippen LogP contribution in [0.4, 0.5) is 11.4 Å². The third-order valence-electron chi connectivity index (χ3n) is 10.6. The van der Waals surface area contributed by atoms with Crippen molar-refractivity contribution in [1.82, 2.24) is 9.55 Å². The molecule has 6 aromatic carbocycles. The summed E-state index contributed by atoms with van der Waals surface area (Å²) in [6.07, 6.45) is 6.15. The molecule has 6 heteroatoms. The van der Waals surface area contributed by atoms with Gasteiger partial charge >= 0.3 is 0 Å². The molecular formula is C52H45N4OPt-3. The Morgan fingerprint density at radius 2 is 1.22 bits per heavy atom. The SMILES string of the molecule is CC(C)(C)c1cc(-n2c3[c-]c(Oc4[c-]c(N5C=CN(c6ccccc6-c6ccccc6)[CH-]5)ccc4)cc(C(C)(C)C)c3c3ccccc32)ncc1-c1ccccc1.[Pt]. The van der Waals surface area contributed by atoms with E-state index in [1.807, 2.05) is 36.7 Å². The van der Waals surface area contributed by atoms with E-state index >= 15 is 0 Å². The van der Waals surface area contributed by atoms with Crippen LogP contribution in [-0.2, 0) is 31.9 Å². The molecule has 292 valence electrons. The van der Waals surface area contributed by atoms with Crippen LogP contribution in [0.25, 0.3) is 49.9 Å². The molecule has 0 N–H and O–H groups in total. The molecule has 0 saturated carbocycles. The summed E-state index contributed by atoms with van der Waals surface area (Å²) in [6, 6.07) is 55.7. The van der Waals surface area contributed by atoms with Crippen LogP contribution in [0.3, 0.4) is 0 Å². The first-order valence-corrected chi connectivity index (χ1v) is 19.5. The zero-order chi connectivity index (χ0) is 39.3. The zero-order valence-corrected chi connectivity index (χ0v) is 35.9. The summed E-state index contributed by atoms with van der Waals surface area (Å²) >= 11 is 0. The number of fused-ring (bicyclic) bond motifs is 3. The van der Waals surface area contributed by atoms with Gasteiger partial charge in [-0.15, -0.1) is 48.3 Å². The maximum Gasteiger partial charge on any atom is 0.135 e. The Morgan fingerprint density at radius 1 is 0.586 bits per heavy atom. The standard InChI is InChI=1S/C52H45N4O.Pt/c1-51(2,3)44-33-49(53-34-43(44)37-20-11-8-12-21-37)56-47-27-16-14-25-42(47)50-45(52(4,5)6)31-40(32-48(50)56)57-39-23-17-22-38(30-39)54-28-29-55(35-54)46-26-15-13-24-41(46)36-18-9-7-10-19-36;/h7-29,31,33-35H,1-6H3;/q-3;. The maximum atomic E-state index is 6.73. The number of pyridine rings is 1. The Kier molecular flexibility index (Phi) is 10.4. The van der Waals surface area contributed by atoms with Gasteiger partial charge in [0.1, 0.15) is 5.82 Å². The second-order valence-electron chi connectivity index (χ2n) is 16.7. The summed E-state index contributed by atoms with van der Waals surface area (Å²) in [7, 11) is 0. The molecule has 0 fully saturated rings. The van der Waals surface area contributed by atoms with E-state index in [2.05, 4.69) is 196 Å². The van der Waals surface area contributed by atoms with Crippen LogP contribution < -0.4 is 14.5 Å². The molecule has 9 rings (SSSR count). The van der Waals surface area contributed by atoms with Crippen molar-refractivity contribution in [2.75, 3.05) is 9.80 Å². The van der Waals surface area contributed by atoms with Gasteiger partial charge in [-0.3, -0.25) is 0 Å². The van der Waals surface area contributed by atoms with Crippen molar-refractivity contribution in [3.8, 4) is 39.6 Å². The number of para-hydroxylation sites is 2. The van der Waals surface area contributed by atoms with Crippen molar-refractivity contribution in [2.45, 2.75) is 52.4 Å². The second kappa shape index (κ2) is 15.5. The minimum Gasteiger partial charge on any atom is -0.509 e. The molecule has 0 atom stereocenters. The molecule has 0 bridgehead atoms. The van der Waals surface area contributed by atoms with Gasteiger partial charge in [-0.2, -0.15) is 6.07 Å². The number of anilines is 2. The quantitative estimate of drug-likeness (QED) is 0.149. The summed E-state index contributed by atoms with van der Waals surface area (Å²) in [4.78, 5) is 9.37. The van der Waals surface area contributed by atoms with Gasteiger partial charge in [0, 0.05) is 61.1 Å². The van der Waals surface area contributed by atoms with Crippen LogP contribution in [0.15, 0.2) is 158 Å². The molecule has 58 heavy (non-hydrogen) atoms. The Morgan fingerprint density at radius 3 is 1.95 bits per heavy atom. The summed E-state index contributed by atoms with van der Waals surface area (Å²) in [6.45, 7) is 15.6. The average Bonchev–Trinajstić information content (AvgIpc) is 3.84. The molecule has 5 nitrogen and oxygen atoms in total. The van der Waals surface area contributed by atoms with Crippen LogP contribution in [0.2, 0.25) is 0 Å². The predicted octanol–water partition coefficient (Wildman–Crippen LogP) is 13.4. The zero-order valence-electron chi connectivity index (χ0n) is 33.6. The Bertz CT molecular complexity index is 2780. The molecule has 2 aromatic heterocycles. The minimum absolute atomic E-state index is 0. The molecule has 0 radical (unpaired) electrons. The molecule has 0 unspecified atom stereocenters. The number of benzene rings is 6. The third-order valence-corrected chi connectivity index (χ3v) is 10.6. The number of aromatic nitrogens is 2. The van der Waals surface area contributed by atoms with Crippen molar-refractivity contribution < 1.29 is 25.8 Å². The fraction of sp³-hybridized carbons (Fsp3) is 0.154. The van der Waals surface area contributed by atoms with E-state index < -0.39 is 0 Å². The molecular weight excluding hydrogens is 892 g/mol. The maximum absolute atomic E-state index is 6.73. The summed E-state index contributed by atoms with van der Waals surface area (Å²) < 4.78 is 8.98. The smallest absolute Gasteiger partial charge is 0.135 e. The molecule has 1 aliphatic rings. The van der Waals surface area contributed by atoms with Crippen LogP contribution >= 0.6 is 0 Å². The number of nitrogens with zero attached hydrogens (tertiary/aromatic N) is 4. The molecule has 3 heterocycles. The molecule has 8 aromatic rings. The fourth-order valence-electron chi connectivity index (χ4n) is 7.87. The monoisotopic (exact) mass is 936 g/mol. The van der Waals surface area contributed by atoms with E-state index in [1.165, 1.54) is 16.7 Å². The van der Waals surface area contributed by atoms with Gasteiger partial charge in [0.05, 0.1) is 0 Å². The van der Waals surface area contributed by atoms with Gasteiger partial charge in [-0.05, 0) is 63.5 Å². The fourth-order valence-corrected chi connectivity index (χ4v) is 7.87. The number of rotatable bonds is 7. The first-order chi connectivity index (χ1) is 27.5. The Balaban J connectivity index is 0.00000469. The third kappa shape index (κ3) is 7.36. The van der Waals surface area contributed by atoms with Crippen molar-refractivity contribution in [1.29, 1.82) is 0 Å². The van der Waals surface area contributed by atoms with E-state index in [9.17, 15) is 0 Å². The second-order valence-corrected chi connectivity index (χ2v) is 16.7. The normalized spacial score (nSPS) is 13.0. The topological polar surface area (TPSA) is 33.5 Å². The van der Waals surface area contributed by atoms with Crippen LogP contribution in [0.1, 0.15) is 52.7 Å². The number of hydrogen-bond acceptors (Lipinski definition) is 4. The minimum atomic E-state index is -0.193. The molecule has 1 aliphatic heterocycles. The van der Waals surface area contributed by atoms with Crippen LogP contribution in [0, 0.1) is 18.8 Å². The number of ether oxygens (including phenoxy) is 1. The summed E-state index contributed by atoms with van der Waals surface area (Å²) in [5, 5.41) is 2.32. The van der Waals surface area contributed by atoms with E-state index in [0.29, 0.717) is 11.5 Å². The van der Waals surface area contributed by atoms with Crippen molar-refractivity contribution in [3.05, 3.63) is 188 Å². The van der Waals surface area contributed by atoms with Gasteiger partial charge in [0.2, 0.25) is 0 Å². The first kappa shape index (κ1) is 38.9. The van der Waals surface area contributed by atoms with Crippen LogP contribution in [0.5, 0.6) is 11.5 Å². The van der Waals surface area contributed by atoms with Gasteiger partial charge in [0.25, 0.3) is 0 Å². The van der Waals surface area contributed by atoms with E-state index in [-0.39, 0.29) is 31.9 Å². The van der Waals surface area contributed by atoms with E-state index in [1.54, 1.807) is 0 Å². The largest absolute Gasteiger partial charge is 0.509 e. The van der Waals surface area contributed by atoms with Crippen molar-refractivity contribution in [2.24, 2.45) is 0 Å². The van der Waals surface area contributed by atoms with Gasteiger partial charge in [-0.25, -0.2) is 4.98 Å². The molecule has 0 amide bonds. The first-order valence-electron chi connectivity index (χ1n) is 19.5. The van der Waals surface area contributed by atoms with Gasteiger partial charge in [0.15, 0.2) is 0 Å². The van der Waals surface area contributed by atoms with Crippen LogP contribution in [-0.4, -0.2) is 9.55 Å². The predicted molar refractivity (Wildman–Crippen MR) is 236 cm³/mol. The molecule has 0 aliphatic carbocycles. The van der Waals surface area contributed by atoms with Crippen molar-refractivity contribution >= 4 is 33.2 Å². The summed E-state index contributed by atoms with van der Waals surface area (Å²) in [5.41, 5.74) is 10.7. The molecule has 0 saturated heterocycles. The van der Waals surface area contributed by atoms with Gasteiger partial charge < -0.3 is 19.1 Å².